The van der Waals surface area contributed by atoms with Gasteiger partial charge in [0.2, 0.25) is 5.91 Å². The van der Waals surface area contributed by atoms with Gasteiger partial charge in [0.05, 0.1) is 0 Å². The van der Waals surface area contributed by atoms with Gasteiger partial charge in [-0.05, 0) is 20.8 Å². The summed E-state index contributed by atoms with van der Waals surface area (Å²) in [5.74, 6) is -5.39. The highest BCUT2D eigenvalue weighted by Gasteiger charge is 2.49. The zero-order valence-corrected chi connectivity index (χ0v) is 11.6. The molecular formula is C12H20F2N2O3. The molecule has 0 aromatic heterocycles. The Hall–Kier alpha value is -1.40. The monoisotopic (exact) mass is 278 g/mol. The highest BCUT2D eigenvalue weighted by Crippen LogP contribution is 2.34. The Labute approximate surface area is 111 Å². The largest absolute Gasteiger partial charge is 0.444 e. The smallest absolute Gasteiger partial charge is 0.410 e. The number of hydrogen-bond acceptors (Lipinski definition) is 3. The Balaban J connectivity index is 2.75. The molecule has 1 N–H and O–H groups in total. The number of carbonyl (C=O) groups excluding carboxylic acids is 2. The lowest BCUT2D eigenvalue weighted by atomic mass is 9.93. The third-order valence-corrected chi connectivity index (χ3v) is 2.84. The van der Waals surface area contributed by atoms with E-state index in [2.05, 4.69) is 5.32 Å². The molecule has 1 aliphatic heterocycles. The van der Waals surface area contributed by atoms with Crippen molar-refractivity contribution in [3.8, 4) is 0 Å². The van der Waals surface area contributed by atoms with Crippen molar-refractivity contribution in [3.63, 3.8) is 0 Å². The molecule has 1 fully saturated rings. The van der Waals surface area contributed by atoms with E-state index in [0.29, 0.717) is 0 Å². The quantitative estimate of drug-likeness (QED) is 0.793. The van der Waals surface area contributed by atoms with E-state index in [4.69, 9.17) is 4.74 Å². The molecular weight excluding hydrogens is 258 g/mol. The molecule has 0 bridgehead atoms. The molecule has 19 heavy (non-hydrogen) atoms. The lowest BCUT2D eigenvalue weighted by molar-refractivity contribution is -0.148. The van der Waals surface area contributed by atoms with Crippen molar-refractivity contribution in [2.75, 3.05) is 20.1 Å². The van der Waals surface area contributed by atoms with Crippen LogP contribution in [0.1, 0.15) is 27.2 Å². The Morgan fingerprint density at radius 2 is 1.95 bits per heavy atom. The van der Waals surface area contributed by atoms with Crippen LogP contribution >= 0.6 is 0 Å². The number of piperidine rings is 1. The van der Waals surface area contributed by atoms with E-state index in [0.717, 1.165) is 4.90 Å². The van der Waals surface area contributed by atoms with Gasteiger partial charge < -0.3 is 15.0 Å². The molecule has 110 valence electrons. The van der Waals surface area contributed by atoms with Crippen LogP contribution in [0.3, 0.4) is 0 Å². The summed E-state index contributed by atoms with van der Waals surface area (Å²) >= 11 is 0. The first-order valence-electron chi connectivity index (χ1n) is 6.14. The third-order valence-electron chi connectivity index (χ3n) is 2.84. The maximum absolute atomic E-state index is 13.6. The van der Waals surface area contributed by atoms with Crippen molar-refractivity contribution in [1.82, 2.24) is 10.2 Å². The zero-order valence-electron chi connectivity index (χ0n) is 11.6. The highest BCUT2D eigenvalue weighted by molar-refractivity contribution is 5.80. The second-order valence-electron chi connectivity index (χ2n) is 5.60. The number of nitrogens with zero attached hydrogens (tertiary/aromatic N) is 1. The summed E-state index contributed by atoms with van der Waals surface area (Å²) in [5.41, 5.74) is -0.695. The van der Waals surface area contributed by atoms with Crippen LogP contribution in [0, 0.1) is 5.92 Å². The van der Waals surface area contributed by atoms with Gasteiger partial charge in [-0.2, -0.15) is 0 Å². The predicted molar refractivity (Wildman–Crippen MR) is 64.9 cm³/mol. The summed E-state index contributed by atoms with van der Waals surface area (Å²) in [6.45, 7) is 4.63. The van der Waals surface area contributed by atoms with Crippen LogP contribution in [0.15, 0.2) is 0 Å². The Morgan fingerprint density at radius 1 is 1.37 bits per heavy atom. The summed E-state index contributed by atoms with van der Waals surface area (Å²) in [6, 6.07) is 0. The number of carbonyl (C=O) groups is 2. The Bertz CT molecular complexity index is 366. The van der Waals surface area contributed by atoms with Crippen molar-refractivity contribution >= 4 is 12.0 Å². The first-order chi connectivity index (χ1) is 8.57. The number of nitrogens with one attached hydrogen (secondary N) is 1. The summed E-state index contributed by atoms with van der Waals surface area (Å²) in [4.78, 5) is 24.4. The fraction of sp³-hybridized carbons (Fsp3) is 0.833. The standard InChI is InChI=1S/C12H20F2N2O3/c1-11(2,3)19-10(18)16-6-5-12(13,14)8(7-16)9(17)15-4/h8H,5-7H2,1-4H3,(H,15,17). The summed E-state index contributed by atoms with van der Waals surface area (Å²) in [5, 5.41) is 2.20. The second kappa shape index (κ2) is 5.30. The lowest BCUT2D eigenvalue weighted by Gasteiger charge is -2.37. The molecule has 0 aromatic carbocycles. The van der Waals surface area contributed by atoms with E-state index in [9.17, 15) is 18.4 Å². The van der Waals surface area contributed by atoms with Crippen molar-refractivity contribution < 1.29 is 23.1 Å². The number of alkyl halides is 2. The minimum Gasteiger partial charge on any atom is -0.444 e. The van der Waals surface area contributed by atoms with E-state index in [1.165, 1.54) is 7.05 Å². The first-order valence-corrected chi connectivity index (χ1v) is 6.14. The molecule has 1 aliphatic rings. The topological polar surface area (TPSA) is 58.6 Å². The number of ether oxygens (including phenoxy) is 1. The van der Waals surface area contributed by atoms with Crippen LogP contribution in [0.5, 0.6) is 0 Å². The van der Waals surface area contributed by atoms with E-state index in [1.54, 1.807) is 20.8 Å². The molecule has 0 aromatic rings. The molecule has 1 saturated heterocycles. The fourth-order valence-corrected chi connectivity index (χ4v) is 1.84. The third kappa shape index (κ3) is 4.04. The Morgan fingerprint density at radius 3 is 2.42 bits per heavy atom. The van der Waals surface area contributed by atoms with E-state index < -0.39 is 35.9 Å². The summed E-state index contributed by atoms with van der Waals surface area (Å²) in [7, 11) is 1.30. The van der Waals surface area contributed by atoms with Gasteiger partial charge in [-0.25, -0.2) is 13.6 Å². The van der Waals surface area contributed by atoms with Gasteiger partial charge in [-0.15, -0.1) is 0 Å². The molecule has 5 nitrogen and oxygen atoms in total. The molecule has 7 heteroatoms. The van der Waals surface area contributed by atoms with Gasteiger partial charge in [0, 0.05) is 26.6 Å². The van der Waals surface area contributed by atoms with Gasteiger partial charge in [-0.3, -0.25) is 4.79 Å². The first kappa shape index (κ1) is 15.7. The van der Waals surface area contributed by atoms with E-state index in [1.807, 2.05) is 0 Å². The van der Waals surface area contributed by atoms with Crippen LogP contribution in [0.2, 0.25) is 0 Å². The van der Waals surface area contributed by atoms with Gasteiger partial charge in [0.15, 0.2) is 0 Å². The molecule has 1 heterocycles. The normalized spacial score (nSPS) is 22.8. The fourth-order valence-electron chi connectivity index (χ4n) is 1.84. The minimum atomic E-state index is -3.10. The van der Waals surface area contributed by atoms with Crippen molar-refractivity contribution in [2.24, 2.45) is 5.92 Å². The van der Waals surface area contributed by atoms with E-state index in [-0.39, 0.29) is 13.1 Å². The molecule has 0 spiro atoms. The molecule has 1 atom stereocenters. The van der Waals surface area contributed by atoms with Crippen LogP contribution < -0.4 is 5.32 Å². The molecule has 0 saturated carbocycles. The summed E-state index contributed by atoms with van der Waals surface area (Å²) in [6.07, 6.45) is -1.21. The average Bonchev–Trinajstić information content (AvgIpc) is 2.25. The SMILES string of the molecule is CNC(=O)C1CN(C(=O)OC(C)(C)C)CCC1(F)F. The van der Waals surface area contributed by atoms with E-state index >= 15 is 0 Å². The number of likely N-dealkylation sites (tertiary alicyclic amines) is 1. The molecule has 0 aliphatic carbocycles. The van der Waals surface area contributed by atoms with Crippen LogP contribution in [0.4, 0.5) is 13.6 Å². The van der Waals surface area contributed by atoms with Crippen molar-refractivity contribution in [1.29, 1.82) is 0 Å². The predicted octanol–water partition coefficient (Wildman–Crippen LogP) is 1.62. The maximum Gasteiger partial charge on any atom is 0.410 e. The lowest BCUT2D eigenvalue weighted by Crippen LogP contribution is -2.55. The molecule has 0 radical (unpaired) electrons. The Kier molecular flexibility index (Phi) is 4.37. The van der Waals surface area contributed by atoms with Gasteiger partial charge >= 0.3 is 6.09 Å². The van der Waals surface area contributed by atoms with Crippen LogP contribution in [-0.2, 0) is 9.53 Å². The highest BCUT2D eigenvalue weighted by atomic mass is 19.3. The van der Waals surface area contributed by atoms with Gasteiger partial charge in [0.25, 0.3) is 5.92 Å². The van der Waals surface area contributed by atoms with Crippen molar-refractivity contribution in [3.05, 3.63) is 0 Å². The maximum atomic E-state index is 13.6. The van der Waals surface area contributed by atoms with Crippen LogP contribution in [-0.4, -0.2) is 48.6 Å². The minimum absolute atomic E-state index is 0.116. The molecule has 1 rings (SSSR count). The van der Waals surface area contributed by atoms with Crippen LogP contribution in [0.25, 0.3) is 0 Å². The van der Waals surface area contributed by atoms with Gasteiger partial charge in [0.1, 0.15) is 11.5 Å². The zero-order chi connectivity index (χ0) is 14.8. The number of amides is 2. The summed E-state index contributed by atoms with van der Waals surface area (Å²) < 4.78 is 32.4. The number of hydrogen-bond donors (Lipinski definition) is 1. The number of halogens is 2. The molecule has 2 amide bonds. The molecule has 1 unspecified atom stereocenters. The van der Waals surface area contributed by atoms with Gasteiger partial charge in [-0.1, -0.05) is 0 Å². The average molecular weight is 278 g/mol. The van der Waals surface area contributed by atoms with Crippen molar-refractivity contribution in [2.45, 2.75) is 38.7 Å². The number of rotatable bonds is 1. The second-order valence-corrected chi connectivity index (χ2v) is 5.60.